The molecule has 0 radical (unpaired) electrons. The summed E-state index contributed by atoms with van der Waals surface area (Å²) in [5, 5.41) is 6.06. The number of aryl methyl sites for hydroxylation is 1. The number of amides is 2. The second kappa shape index (κ2) is 8.89. The van der Waals surface area contributed by atoms with Crippen LogP contribution in [0.4, 0.5) is 16.2 Å². The molecule has 0 saturated heterocycles. The maximum absolute atomic E-state index is 12.3. The average molecular weight is 435 g/mol. The lowest BCUT2D eigenvalue weighted by atomic mass is 10.3. The molecule has 0 aliphatic heterocycles. The van der Waals surface area contributed by atoms with Crippen LogP contribution in [0.3, 0.4) is 0 Å². The quantitative estimate of drug-likeness (QED) is 0.469. The van der Waals surface area contributed by atoms with Gasteiger partial charge in [-0.15, -0.1) is 0 Å². The minimum atomic E-state index is -0.368. The highest BCUT2D eigenvalue weighted by Crippen LogP contribution is 2.18. The van der Waals surface area contributed by atoms with Crippen LogP contribution in [0.5, 0.6) is 5.75 Å². The number of nitrogens with zero attached hydrogens (tertiary/aromatic N) is 2. The van der Waals surface area contributed by atoms with E-state index in [4.69, 9.17) is 16.3 Å². The lowest BCUT2D eigenvalue weighted by Crippen LogP contribution is -2.19. The maximum Gasteiger partial charge on any atom is 0.323 e. The number of nitrogens with one attached hydrogen (secondary N) is 2. The molecule has 156 valence electrons. The van der Waals surface area contributed by atoms with Gasteiger partial charge in [-0.25, -0.2) is 9.78 Å². The van der Waals surface area contributed by atoms with E-state index in [1.807, 2.05) is 13.0 Å². The van der Waals surface area contributed by atoms with E-state index in [1.54, 1.807) is 60.8 Å². The number of urea groups is 1. The summed E-state index contributed by atoms with van der Waals surface area (Å²) < 4.78 is 7.24. The Labute approximate surface area is 183 Å². The zero-order valence-corrected chi connectivity index (χ0v) is 17.4. The number of anilines is 2. The third-order valence-electron chi connectivity index (χ3n) is 4.46. The summed E-state index contributed by atoms with van der Waals surface area (Å²) >= 11 is 5.84. The van der Waals surface area contributed by atoms with Crippen molar-refractivity contribution in [2.24, 2.45) is 0 Å². The third-order valence-corrected chi connectivity index (χ3v) is 4.71. The van der Waals surface area contributed by atoms with Gasteiger partial charge in [0.2, 0.25) is 0 Å². The van der Waals surface area contributed by atoms with Crippen molar-refractivity contribution in [2.45, 2.75) is 13.5 Å². The van der Waals surface area contributed by atoms with Crippen molar-refractivity contribution < 1.29 is 9.53 Å². The molecule has 0 spiro atoms. The van der Waals surface area contributed by atoms with Gasteiger partial charge in [0.05, 0.1) is 5.69 Å². The van der Waals surface area contributed by atoms with E-state index in [9.17, 15) is 9.59 Å². The van der Waals surface area contributed by atoms with Crippen molar-refractivity contribution >= 4 is 34.7 Å². The standard InChI is InChI=1S/C23H19ClN4O3/c1-15-2-11-21-25-19(12-22(29)28(21)13-15)14-31-20-9-7-18(8-10-20)27-23(30)26-17-5-3-16(24)4-6-17/h2-13H,14H2,1H3,(H2,26,27,30). The lowest BCUT2D eigenvalue weighted by molar-refractivity contribution is 0.262. The highest BCUT2D eigenvalue weighted by molar-refractivity contribution is 6.30. The van der Waals surface area contributed by atoms with E-state index in [-0.39, 0.29) is 18.2 Å². The van der Waals surface area contributed by atoms with Crippen molar-refractivity contribution in [3.63, 3.8) is 0 Å². The van der Waals surface area contributed by atoms with Crippen LogP contribution in [0.1, 0.15) is 11.3 Å². The van der Waals surface area contributed by atoms with Gasteiger partial charge < -0.3 is 15.4 Å². The molecule has 7 nitrogen and oxygen atoms in total. The Kier molecular flexibility index (Phi) is 5.86. The number of benzene rings is 2. The molecule has 2 aromatic carbocycles. The van der Waals surface area contributed by atoms with Crippen molar-refractivity contribution in [1.29, 1.82) is 0 Å². The molecular weight excluding hydrogens is 416 g/mol. The van der Waals surface area contributed by atoms with E-state index in [1.165, 1.54) is 10.5 Å². The van der Waals surface area contributed by atoms with Gasteiger partial charge in [-0.3, -0.25) is 9.20 Å². The summed E-state index contributed by atoms with van der Waals surface area (Å²) in [5.74, 6) is 0.592. The van der Waals surface area contributed by atoms with Crippen LogP contribution in [0.25, 0.3) is 5.65 Å². The number of ether oxygens (including phenoxy) is 1. The molecule has 0 aliphatic rings. The zero-order chi connectivity index (χ0) is 21.8. The molecule has 2 amide bonds. The first-order valence-electron chi connectivity index (χ1n) is 9.52. The highest BCUT2D eigenvalue weighted by atomic mass is 35.5. The summed E-state index contributed by atoms with van der Waals surface area (Å²) in [5.41, 5.74) is 3.18. The number of rotatable bonds is 5. The number of fused-ring (bicyclic) bond motifs is 1. The predicted octanol–water partition coefficient (Wildman–Crippen LogP) is 4.88. The van der Waals surface area contributed by atoms with Gasteiger partial charge in [0.15, 0.2) is 0 Å². The largest absolute Gasteiger partial charge is 0.487 e. The fraction of sp³-hybridized carbons (Fsp3) is 0.0870. The normalized spacial score (nSPS) is 10.6. The number of carbonyl (C=O) groups excluding carboxylic acids is 1. The molecular formula is C23H19ClN4O3. The summed E-state index contributed by atoms with van der Waals surface area (Å²) in [6, 6.07) is 18.5. The fourth-order valence-electron chi connectivity index (χ4n) is 2.95. The van der Waals surface area contributed by atoms with Gasteiger partial charge in [0.1, 0.15) is 18.0 Å². The van der Waals surface area contributed by atoms with Gasteiger partial charge in [-0.1, -0.05) is 17.7 Å². The molecule has 0 atom stereocenters. The molecule has 0 fully saturated rings. The molecule has 0 unspecified atom stereocenters. The first kappa shape index (κ1) is 20.4. The molecule has 4 aromatic rings. The van der Waals surface area contributed by atoms with Crippen LogP contribution in [0.2, 0.25) is 5.02 Å². The van der Waals surface area contributed by atoms with E-state index < -0.39 is 0 Å². The number of hydrogen-bond donors (Lipinski definition) is 2. The van der Waals surface area contributed by atoms with Gasteiger partial charge in [0, 0.05) is 28.7 Å². The van der Waals surface area contributed by atoms with E-state index >= 15 is 0 Å². The number of hydrogen-bond acceptors (Lipinski definition) is 4. The summed E-state index contributed by atoms with van der Waals surface area (Å²) in [6.45, 7) is 2.08. The molecule has 31 heavy (non-hydrogen) atoms. The van der Waals surface area contributed by atoms with Gasteiger partial charge in [-0.2, -0.15) is 0 Å². The number of carbonyl (C=O) groups is 1. The van der Waals surface area contributed by atoms with Gasteiger partial charge in [-0.05, 0) is 67.1 Å². The minimum absolute atomic E-state index is 0.154. The minimum Gasteiger partial charge on any atom is -0.487 e. The molecule has 4 rings (SSSR count). The molecule has 8 heteroatoms. The second-order valence-corrected chi connectivity index (χ2v) is 7.36. The van der Waals surface area contributed by atoms with E-state index in [2.05, 4.69) is 15.6 Å². The predicted molar refractivity (Wildman–Crippen MR) is 121 cm³/mol. The van der Waals surface area contributed by atoms with Crippen molar-refractivity contribution in [2.75, 3.05) is 10.6 Å². The van der Waals surface area contributed by atoms with Crippen LogP contribution in [0, 0.1) is 6.92 Å². The van der Waals surface area contributed by atoms with Crippen LogP contribution in [-0.4, -0.2) is 15.4 Å². The number of pyridine rings is 1. The van der Waals surface area contributed by atoms with Crippen LogP contribution < -0.4 is 20.9 Å². The molecule has 0 aliphatic carbocycles. The second-order valence-electron chi connectivity index (χ2n) is 6.92. The van der Waals surface area contributed by atoms with Crippen LogP contribution >= 0.6 is 11.6 Å². The fourth-order valence-corrected chi connectivity index (χ4v) is 3.08. The maximum atomic E-state index is 12.3. The Bertz CT molecular complexity index is 1290. The van der Waals surface area contributed by atoms with E-state index in [0.29, 0.717) is 33.5 Å². The lowest BCUT2D eigenvalue weighted by Gasteiger charge is -2.10. The molecule has 0 saturated carbocycles. The van der Waals surface area contributed by atoms with Crippen molar-refractivity contribution in [3.05, 3.63) is 99.6 Å². The summed E-state index contributed by atoms with van der Waals surface area (Å²) in [4.78, 5) is 28.8. The van der Waals surface area contributed by atoms with Crippen molar-refractivity contribution in [3.8, 4) is 5.75 Å². The molecule has 2 N–H and O–H groups in total. The van der Waals surface area contributed by atoms with Crippen LogP contribution in [-0.2, 0) is 6.61 Å². The molecule has 2 heterocycles. The smallest absolute Gasteiger partial charge is 0.323 e. The molecule has 2 aromatic heterocycles. The number of halogens is 1. The summed E-state index contributed by atoms with van der Waals surface area (Å²) in [7, 11) is 0. The highest BCUT2D eigenvalue weighted by Gasteiger charge is 2.06. The van der Waals surface area contributed by atoms with E-state index in [0.717, 1.165) is 5.56 Å². The number of aromatic nitrogens is 2. The summed E-state index contributed by atoms with van der Waals surface area (Å²) in [6.07, 6.45) is 1.75. The van der Waals surface area contributed by atoms with Gasteiger partial charge >= 0.3 is 6.03 Å². The SMILES string of the molecule is Cc1ccc2nc(COc3ccc(NC(=O)Nc4ccc(Cl)cc4)cc3)cc(=O)n2c1. The topological polar surface area (TPSA) is 84.7 Å². The Morgan fingerprint density at radius 3 is 2.32 bits per heavy atom. The Hall–Kier alpha value is -3.84. The monoisotopic (exact) mass is 434 g/mol. The Morgan fingerprint density at radius 1 is 1.00 bits per heavy atom. The first-order chi connectivity index (χ1) is 15.0. The zero-order valence-electron chi connectivity index (χ0n) is 16.6. The van der Waals surface area contributed by atoms with Gasteiger partial charge in [0.25, 0.3) is 5.56 Å². The average Bonchev–Trinajstić information content (AvgIpc) is 2.75. The molecule has 0 bridgehead atoms. The Morgan fingerprint density at radius 2 is 1.65 bits per heavy atom. The first-order valence-corrected chi connectivity index (χ1v) is 9.89. The van der Waals surface area contributed by atoms with Crippen LogP contribution in [0.15, 0.2) is 77.7 Å². The Balaban J connectivity index is 1.36. The van der Waals surface area contributed by atoms with Crippen molar-refractivity contribution in [1.82, 2.24) is 9.38 Å². The third kappa shape index (κ3) is 5.21.